The molecule has 0 aliphatic rings. The van der Waals surface area contributed by atoms with Crippen LogP contribution in [-0.4, -0.2) is 13.1 Å². The molecule has 0 N–H and O–H groups in total. The summed E-state index contributed by atoms with van der Waals surface area (Å²) in [6, 6.07) is 0. The first-order chi connectivity index (χ1) is 11.2. The molecule has 0 aliphatic carbocycles. The Labute approximate surface area is 144 Å². The largest absolute Gasteiger partial charge is 0.469 e. The topological polar surface area (TPSA) is 26.3 Å². The van der Waals surface area contributed by atoms with Gasteiger partial charge in [-0.05, 0) is 31.6 Å². The zero-order valence-electron chi connectivity index (χ0n) is 15.5. The molecule has 1 unspecified atom stereocenters. The maximum Gasteiger partial charge on any atom is 0.305 e. The van der Waals surface area contributed by atoms with Gasteiger partial charge in [-0.15, -0.1) is 6.58 Å². The third kappa shape index (κ3) is 15.6. The molecule has 0 rings (SSSR count). The van der Waals surface area contributed by atoms with Crippen molar-refractivity contribution in [2.45, 2.75) is 90.4 Å². The molecule has 0 heterocycles. The van der Waals surface area contributed by atoms with Crippen molar-refractivity contribution in [2.24, 2.45) is 5.92 Å². The fraction of sp³-hybridized carbons (Fsp3) is 0.762. The van der Waals surface area contributed by atoms with Crippen LogP contribution in [0.1, 0.15) is 90.4 Å². The smallest absolute Gasteiger partial charge is 0.305 e. The van der Waals surface area contributed by atoms with Crippen LogP contribution in [0, 0.1) is 5.92 Å². The van der Waals surface area contributed by atoms with Crippen molar-refractivity contribution >= 4 is 5.97 Å². The molecule has 0 aliphatic heterocycles. The molecule has 1 atom stereocenters. The molecule has 0 bridgehead atoms. The molecule has 0 amide bonds. The fourth-order valence-electron chi connectivity index (χ4n) is 2.71. The molecule has 0 saturated heterocycles. The van der Waals surface area contributed by atoms with Gasteiger partial charge < -0.3 is 4.74 Å². The number of esters is 1. The van der Waals surface area contributed by atoms with E-state index in [9.17, 15) is 4.79 Å². The highest BCUT2D eigenvalue weighted by Crippen LogP contribution is 2.15. The quantitative estimate of drug-likeness (QED) is 0.181. The first-order valence-corrected chi connectivity index (χ1v) is 9.60. The van der Waals surface area contributed by atoms with E-state index in [1.54, 1.807) is 0 Å². The lowest BCUT2D eigenvalue weighted by Crippen LogP contribution is -1.99. The van der Waals surface area contributed by atoms with Crippen molar-refractivity contribution in [3.8, 4) is 0 Å². The molecular weight excluding hydrogens is 284 g/mol. The van der Waals surface area contributed by atoms with Gasteiger partial charge in [0.1, 0.15) is 0 Å². The molecule has 0 aromatic carbocycles. The monoisotopic (exact) mass is 322 g/mol. The Morgan fingerprint density at radius 3 is 2.30 bits per heavy atom. The molecule has 0 spiro atoms. The number of unbranched alkanes of at least 4 members (excludes halogenated alkanes) is 9. The molecule has 0 saturated carbocycles. The van der Waals surface area contributed by atoms with Crippen LogP contribution in [0.4, 0.5) is 0 Å². The average molecular weight is 323 g/mol. The number of hydrogen-bond donors (Lipinski definition) is 0. The highest BCUT2D eigenvalue weighted by molar-refractivity contribution is 5.68. The summed E-state index contributed by atoms with van der Waals surface area (Å²) in [6.07, 6.45) is 22.3. The standard InChI is InChI=1S/C21H38O2/c1-4-6-7-8-11-14-17-20(5-2)18-15-12-9-10-13-16-19-21(22)23-3/h5,14,17,20H,2,4,6-13,15-16,18-19H2,1,3H3. The lowest BCUT2D eigenvalue weighted by molar-refractivity contribution is -0.140. The van der Waals surface area contributed by atoms with Gasteiger partial charge in [0.05, 0.1) is 7.11 Å². The maximum atomic E-state index is 11.0. The molecular formula is C21H38O2. The summed E-state index contributed by atoms with van der Waals surface area (Å²) in [5, 5.41) is 0. The van der Waals surface area contributed by atoms with E-state index in [1.807, 2.05) is 0 Å². The first kappa shape index (κ1) is 21.9. The zero-order valence-corrected chi connectivity index (χ0v) is 15.5. The van der Waals surface area contributed by atoms with Crippen LogP contribution in [0.25, 0.3) is 0 Å². The van der Waals surface area contributed by atoms with Crippen molar-refractivity contribution < 1.29 is 9.53 Å². The van der Waals surface area contributed by atoms with E-state index in [1.165, 1.54) is 71.3 Å². The molecule has 0 aromatic rings. The van der Waals surface area contributed by atoms with Crippen molar-refractivity contribution in [3.05, 3.63) is 24.8 Å². The normalized spacial score (nSPS) is 12.4. The third-order valence-corrected chi connectivity index (χ3v) is 4.31. The van der Waals surface area contributed by atoms with Crippen LogP contribution in [0.5, 0.6) is 0 Å². The Kier molecular flexibility index (Phi) is 16.5. The summed E-state index contributed by atoms with van der Waals surface area (Å²) < 4.78 is 4.64. The van der Waals surface area contributed by atoms with Crippen molar-refractivity contribution in [1.29, 1.82) is 0 Å². The fourth-order valence-corrected chi connectivity index (χ4v) is 2.71. The SMILES string of the molecule is C=CC(C=CCCCCCC)CCCCCCCCC(=O)OC. The van der Waals surface area contributed by atoms with Crippen LogP contribution in [0.15, 0.2) is 24.8 Å². The average Bonchev–Trinajstić information content (AvgIpc) is 2.57. The molecule has 2 heteroatoms. The van der Waals surface area contributed by atoms with E-state index >= 15 is 0 Å². The predicted molar refractivity (Wildman–Crippen MR) is 101 cm³/mol. The zero-order chi connectivity index (χ0) is 17.2. The molecule has 2 nitrogen and oxygen atoms in total. The van der Waals surface area contributed by atoms with Crippen LogP contribution in [0.2, 0.25) is 0 Å². The van der Waals surface area contributed by atoms with E-state index in [0.717, 1.165) is 12.8 Å². The van der Waals surface area contributed by atoms with Gasteiger partial charge in [-0.2, -0.15) is 0 Å². The Morgan fingerprint density at radius 1 is 1.00 bits per heavy atom. The van der Waals surface area contributed by atoms with Gasteiger partial charge in [0, 0.05) is 6.42 Å². The second-order valence-corrected chi connectivity index (χ2v) is 6.41. The second-order valence-electron chi connectivity index (χ2n) is 6.41. The van der Waals surface area contributed by atoms with E-state index in [-0.39, 0.29) is 5.97 Å². The Bertz CT molecular complexity index is 307. The lowest BCUT2D eigenvalue weighted by Gasteiger charge is -2.07. The molecule has 0 aromatic heterocycles. The Hall–Kier alpha value is -1.05. The van der Waals surface area contributed by atoms with Gasteiger partial charge in [-0.3, -0.25) is 4.79 Å². The second kappa shape index (κ2) is 17.3. The third-order valence-electron chi connectivity index (χ3n) is 4.31. The van der Waals surface area contributed by atoms with Gasteiger partial charge in [-0.25, -0.2) is 0 Å². The maximum absolute atomic E-state index is 11.0. The summed E-state index contributed by atoms with van der Waals surface area (Å²) in [7, 11) is 1.46. The van der Waals surface area contributed by atoms with Gasteiger partial charge in [0.2, 0.25) is 0 Å². The van der Waals surface area contributed by atoms with Gasteiger partial charge in [0.25, 0.3) is 0 Å². The molecule has 0 radical (unpaired) electrons. The number of rotatable bonds is 16. The van der Waals surface area contributed by atoms with E-state index < -0.39 is 0 Å². The van der Waals surface area contributed by atoms with Crippen molar-refractivity contribution in [1.82, 2.24) is 0 Å². The number of hydrogen-bond acceptors (Lipinski definition) is 2. The summed E-state index contributed by atoms with van der Waals surface area (Å²) in [4.78, 5) is 11.0. The number of carbonyl (C=O) groups is 1. The van der Waals surface area contributed by atoms with Crippen molar-refractivity contribution in [2.75, 3.05) is 7.11 Å². The predicted octanol–water partition coefficient (Wildman–Crippen LogP) is 6.61. The summed E-state index contributed by atoms with van der Waals surface area (Å²) in [5.41, 5.74) is 0. The Balaban J connectivity index is 3.47. The molecule has 23 heavy (non-hydrogen) atoms. The highest BCUT2D eigenvalue weighted by Gasteiger charge is 2.01. The minimum absolute atomic E-state index is 0.0830. The molecule has 134 valence electrons. The number of allylic oxidation sites excluding steroid dienone is 3. The van der Waals surface area contributed by atoms with E-state index in [2.05, 4.69) is 36.5 Å². The number of methoxy groups -OCH3 is 1. The van der Waals surface area contributed by atoms with Crippen LogP contribution >= 0.6 is 0 Å². The highest BCUT2D eigenvalue weighted by atomic mass is 16.5. The minimum Gasteiger partial charge on any atom is -0.469 e. The van der Waals surface area contributed by atoms with Crippen LogP contribution in [-0.2, 0) is 9.53 Å². The van der Waals surface area contributed by atoms with Gasteiger partial charge >= 0.3 is 5.97 Å². The van der Waals surface area contributed by atoms with Gasteiger partial charge in [-0.1, -0.05) is 76.5 Å². The van der Waals surface area contributed by atoms with Gasteiger partial charge in [0.15, 0.2) is 0 Å². The van der Waals surface area contributed by atoms with Crippen LogP contribution < -0.4 is 0 Å². The minimum atomic E-state index is -0.0830. The summed E-state index contributed by atoms with van der Waals surface area (Å²) in [6.45, 7) is 6.21. The Morgan fingerprint density at radius 2 is 1.65 bits per heavy atom. The van der Waals surface area contributed by atoms with Crippen molar-refractivity contribution in [3.63, 3.8) is 0 Å². The number of carbonyl (C=O) groups excluding carboxylic acids is 1. The molecule has 0 fully saturated rings. The van der Waals surface area contributed by atoms with E-state index in [0.29, 0.717) is 12.3 Å². The lowest BCUT2D eigenvalue weighted by atomic mass is 9.99. The first-order valence-electron chi connectivity index (χ1n) is 9.60. The van der Waals surface area contributed by atoms with E-state index in [4.69, 9.17) is 0 Å². The number of ether oxygens (including phenoxy) is 1. The van der Waals surface area contributed by atoms with Crippen LogP contribution in [0.3, 0.4) is 0 Å². The summed E-state index contributed by atoms with van der Waals surface area (Å²) in [5.74, 6) is 0.459. The summed E-state index contributed by atoms with van der Waals surface area (Å²) >= 11 is 0.